The first-order valence-corrected chi connectivity index (χ1v) is 5.83. The third kappa shape index (κ3) is 3.11. The molecule has 0 fully saturated rings. The molecule has 1 aromatic carbocycles. The maximum Gasteiger partial charge on any atom is 0.433 e. The number of anilines is 1. The molecule has 0 spiro atoms. The molecule has 0 radical (unpaired) electrons. The number of benzene rings is 1. The minimum absolute atomic E-state index is 0.320. The summed E-state index contributed by atoms with van der Waals surface area (Å²) in [6, 6.07) is 6.96. The number of rotatable bonds is 2. The van der Waals surface area contributed by atoms with Gasteiger partial charge in [-0.15, -0.1) is 0 Å². The standard InChI is InChI=1S/C12H9ClF3N3O/c1-19-10(12(14,15)16)6-9(18-19)11(20)17-8-4-2-3-7(13)5-8/h2-6H,1H3,(H,17,20). The van der Waals surface area contributed by atoms with Gasteiger partial charge in [-0.2, -0.15) is 18.3 Å². The second-order valence-corrected chi connectivity index (χ2v) is 4.44. The van der Waals surface area contributed by atoms with E-state index in [1.165, 1.54) is 6.07 Å². The highest BCUT2D eigenvalue weighted by Crippen LogP contribution is 2.29. The molecule has 106 valence electrons. The Labute approximate surface area is 117 Å². The largest absolute Gasteiger partial charge is 0.433 e. The number of alkyl halides is 3. The highest BCUT2D eigenvalue weighted by Gasteiger charge is 2.35. The predicted molar refractivity (Wildman–Crippen MR) is 67.6 cm³/mol. The molecule has 2 aromatic rings. The molecule has 4 nitrogen and oxygen atoms in total. The summed E-state index contributed by atoms with van der Waals surface area (Å²) in [4.78, 5) is 11.8. The molecule has 0 atom stereocenters. The van der Waals surface area contributed by atoms with Crippen LogP contribution >= 0.6 is 11.6 Å². The molecule has 0 saturated heterocycles. The Hall–Kier alpha value is -2.02. The fourth-order valence-electron chi connectivity index (χ4n) is 1.60. The Morgan fingerprint density at radius 3 is 2.60 bits per heavy atom. The molecule has 20 heavy (non-hydrogen) atoms. The monoisotopic (exact) mass is 303 g/mol. The van der Waals surface area contributed by atoms with Crippen LogP contribution in [0.3, 0.4) is 0 Å². The highest BCUT2D eigenvalue weighted by molar-refractivity contribution is 6.30. The van der Waals surface area contributed by atoms with E-state index in [1.807, 2.05) is 0 Å². The molecule has 1 N–H and O–H groups in total. The molecule has 1 heterocycles. The van der Waals surface area contributed by atoms with Gasteiger partial charge < -0.3 is 5.32 Å². The maximum atomic E-state index is 12.6. The van der Waals surface area contributed by atoms with Crippen molar-refractivity contribution in [3.63, 3.8) is 0 Å². The third-order valence-corrected chi connectivity index (χ3v) is 2.72. The fourth-order valence-corrected chi connectivity index (χ4v) is 1.80. The van der Waals surface area contributed by atoms with Gasteiger partial charge in [0.05, 0.1) is 0 Å². The average Bonchev–Trinajstić information content (AvgIpc) is 2.71. The summed E-state index contributed by atoms with van der Waals surface area (Å²) in [7, 11) is 1.12. The van der Waals surface area contributed by atoms with Crippen molar-refractivity contribution in [1.82, 2.24) is 9.78 Å². The number of amides is 1. The number of nitrogens with one attached hydrogen (secondary N) is 1. The van der Waals surface area contributed by atoms with Crippen molar-refractivity contribution in [2.45, 2.75) is 6.18 Å². The van der Waals surface area contributed by atoms with E-state index in [4.69, 9.17) is 11.6 Å². The number of carbonyl (C=O) groups is 1. The zero-order chi connectivity index (χ0) is 14.9. The highest BCUT2D eigenvalue weighted by atomic mass is 35.5. The van der Waals surface area contributed by atoms with Crippen molar-refractivity contribution in [1.29, 1.82) is 0 Å². The second kappa shape index (κ2) is 5.16. The number of aromatic nitrogens is 2. The molecular formula is C12H9ClF3N3O. The van der Waals surface area contributed by atoms with Crippen molar-refractivity contribution in [2.75, 3.05) is 5.32 Å². The van der Waals surface area contributed by atoms with Gasteiger partial charge in [-0.1, -0.05) is 17.7 Å². The first kappa shape index (κ1) is 14.4. The minimum Gasteiger partial charge on any atom is -0.321 e. The summed E-state index contributed by atoms with van der Waals surface area (Å²) in [5.74, 6) is -0.738. The molecule has 2 rings (SSSR count). The van der Waals surface area contributed by atoms with Gasteiger partial charge in [-0.3, -0.25) is 9.48 Å². The van der Waals surface area contributed by atoms with E-state index in [2.05, 4.69) is 10.4 Å². The van der Waals surface area contributed by atoms with Crippen LogP contribution in [0.4, 0.5) is 18.9 Å². The molecule has 0 unspecified atom stereocenters. The predicted octanol–water partition coefficient (Wildman–Crippen LogP) is 3.34. The SMILES string of the molecule is Cn1nc(C(=O)Nc2cccc(Cl)c2)cc1C(F)(F)F. The van der Waals surface area contributed by atoms with Crippen LogP contribution in [0.5, 0.6) is 0 Å². The van der Waals surface area contributed by atoms with Crippen molar-refractivity contribution in [2.24, 2.45) is 7.05 Å². The fraction of sp³-hybridized carbons (Fsp3) is 0.167. The van der Waals surface area contributed by atoms with E-state index in [0.29, 0.717) is 21.5 Å². The maximum absolute atomic E-state index is 12.6. The summed E-state index contributed by atoms with van der Waals surface area (Å²) in [5.41, 5.74) is -0.935. The van der Waals surface area contributed by atoms with Crippen LogP contribution in [0.1, 0.15) is 16.2 Å². The quantitative estimate of drug-likeness (QED) is 0.925. The Morgan fingerprint density at radius 2 is 2.05 bits per heavy atom. The number of aryl methyl sites for hydroxylation is 1. The van der Waals surface area contributed by atoms with Gasteiger partial charge in [0, 0.05) is 23.8 Å². The van der Waals surface area contributed by atoms with E-state index >= 15 is 0 Å². The Balaban J connectivity index is 2.22. The summed E-state index contributed by atoms with van der Waals surface area (Å²) in [5, 5.41) is 6.37. The first-order chi connectivity index (χ1) is 9.27. The molecule has 0 aliphatic heterocycles. The minimum atomic E-state index is -4.56. The number of hydrogen-bond donors (Lipinski definition) is 1. The lowest BCUT2D eigenvalue weighted by molar-refractivity contribution is -0.143. The van der Waals surface area contributed by atoms with Crippen molar-refractivity contribution in [3.8, 4) is 0 Å². The number of halogens is 4. The van der Waals surface area contributed by atoms with Crippen molar-refractivity contribution < 1.29 is 18.0 Å². The smallest absolute Gasteiger partial charge is 0.321 e. The van der Waals surface area contributed by atoms with E-state index in [9.17, 15) is 18.0 Å². The molecule has 1 aromatic heterocycles. The van der Waals surface area contributed by atoms with Gasteiger partial charge in [-0.25, -0.2) is 0 Å². The van der Waals surface area contributed by atoms with Crippen LogP contribution in [-0.4, -0.2) is 15.7 Å². The summed E-state index contributed by atoms with van der Waals surface area (Å²) in [6.45, 7) is 0. The normalized spacial score (nSPS) is 11.4. The first-order valence-electron chi connectivity index (χ1n) is 5.45. The van der Waals surface area contributed by atoms with Gasteiger partial charge in [0.1, 0.15) is 5.69 Å². The Bertz CT molecular complexity index is 652. The van der Waals surface area contributed by atoms with Crippen LogP contribution in [0, 0.1) is 0 Å². The summed E-state index contributed by atoms with van der Waals surface area (Å²) >= 11 is 5.74. The Kier molecular flexibility index (Phi) is 3.71. The second-order valence-electron chi connectivity index (χ2n) is 4.00. The molecule has 0 bridgehead atoms. The lowest BCUT2D eigenvalue weighted by atomic mass is 10.3. The van der Waals surface area contributed by atoms with E-state index in [0.717, 1.165) is 7.05 Å². The molecule has 1 amide bonds. The van der Waals surface area contributed by atoms with Gasteiger partial charge in [0.15, 0.2) is 5.69 Å². The topological polar surface area (TPSA) is 46.9 Å². The van der Waals surface area contributed by atoms with Crippen LogP contribution < -0.4 is 5.32 Å². The molecule has 8 heteroatoms. The van der Waals surface area contributed by atoms with Crippen LogP contribution in [0.25, 0.3) is 0 Å². The molecule has 0 aliphatic rings. The third-order valence-electron chi connectivity index (χ3n) is 2.49. The van der Waals surface area contributed by atoms with Gasteiger partial charge in [0.25, 0.3) is 5.91 Å². The zero-order valence-corrected chi connectivity index (χ0v) is 11.0. The van der Waals surface area contributed by atoms with Gasteiger partial charge in [-0.05, 0) is 18.2 Å². The van der Waals surface area contributed by atoms with Crippen molar-refractivity contribution >= 4 is 23.2 Å². The van der Waals surface area contributed by atoms with E-state index < -0.39 is 17.8 Å². The number of hydrogen-bond acceptors (Lipinski definition) is 2. The van der Waals surface area contributed by atoms with Gasteiger partial charge >= 0.3 is 6.18 Å². The lowest BCUT2D eigenvalue weighted by Crippen LogP contribution is -2.13. The summed E-state index contributed by atoms with van der Waals surface area (Å²) < 4.78 is 38.4. The van der Waals surface area contributed by atoms with E-state index in [-0.39, 0.29) is 5.69 Å². The lowest BCUT2D eigenvalue weighted by Gasteiger charge is -2.04. The molecular weight excluding hydrogens is 295 g/mol. The van der Waals surface area contributed by atoms with E-state index in [1.54, 1.807) is 18.2 Å². The van der Waals surface area contributed by atoms with Crippen LogP contribution in [-0.2, 0) is 13.2 Å². The number of carbonyl (C=O) groups excluding carboxylic acids is 1. The molecule has 0 saturated carbocycles. The van der Waals surface area contributed by atoms with Crippen LogP contribution in [0.15, 0.2) is 30.3 Å². The number of nitrogens with zero attached hydrogens (tertiary/aromatic N) is 2. The molecule has 0 aliphatic carbocycles. The zero-order valence-electron chi connectivity index (χ0n) is 10.2. The van der Waals surface area contributed by atoms with Crippen molar-refractivity contribution in [3.05, 3.63) is 46.7 Å². The average molecular weight is 304 g/mol. The van der Waals surface area contributed by atoms with Crippen LogP contribution in [0.2, 0.25) is 5.02 Å². The van der Waals surface area contributed by atoms with Gasteiger partial charge in [0.2, 0.25) is 0 Å². The Morgan fingerprint density at radius 1 is 1.35 bits per heavy atom. The summed E-state index contributed by atoms with van der Waals surface area (Å²) in [6.07, 6.45) is -4.56.